The molecule has 160 valence electrons. The van der Waals surface area contributed by atoms with Crippen LogP contribution in [0.25, 0.3) is 0 Å². The Hall–Kier alpha value is -1.56. The number of alkyl halides is 6. The Labute approximate surface area is 163 Å². The third-order valence-corrected chi connectivity index (χ3v) is 5.43. The van der Waals surface area contributed by atoms with Gasteiger partial charge in [0.15, 0.2) is 11.1 Å². The third kappa shape index (κ3) is 3.68. The van der Waals surface area contributed by atoms with E-state index in [4.69, 9.17) is 0 Å². The normalized spacial score (nSPS) is 20.9. The lowest BCUT2D eigenvalue weighted by Crippen LogP contribution is -2.52. The van der Waals surface area contributed by atoms with Gasteiger partial charge in [-0.3, -0.25) is 4.79 Å². The topological polar surface area (TPSA) is 63.1 Å². The molecule has 6 nitrogen and oxygen atoms in total. The predicted octanol–water partition coefficient (Wildman–Crippen LogP) is 2.89. The Balaban J connectivity index is 0.00000280. The van der Waals surface area contributed by atoms with Gasteiger partial charge in [-0.15, -0.1) is 17.5 Å². The SMILES string of the molecule is Cc1c(C(=O)N2CCC(C(F)(F)F)(C(F)(F)F)C2)nnn1C1CCNCC1.Cl. The van der Waals surface area contributed by atoms with Crippen LogP contribution in [0.4, 0.5) is 26.3 Å². The van der Waals surface area contributed by atoms with Crippen LogP contribution in [0.5, 0.6) is 0 Å². The Bertz CT molecular complexity index is 699. The first-order valence-corrected chi connectivity index (χ1v) is 8.53. The second-order valence-corrected chi connectivity index (χ2v) is 7.00. The van der Waals surface area contributed by atoms with E-state index in [9.17, 15) is 31.1 Å². The molecule has 2 aliphatic heterocycles. The maximum absolute atomic E-state index is 13.2. The summed E-state index contributed by atoms with van der Waals surface area (Å²) in [6.07, 6.45) is -10.7. The van der Waals surface area contributed by atoms with Crippen molar-refractivity contribution in [3.8, 4) is 0 Å². The molecule has 2 saturated heterocycles. The van der Waals surface area contributed by atoms with Crippen molar-refractivity contribution in [1.29, 1.82) is 0 Å². The molecule has 1 aromatic rings. The highest BCUT2D eigenvalue weighted by molar-refractivity contribution is 5.93. The van der Waals surface area contributed by atoms with Crippen LogP contribution >= 0.6 is 12.4 Å². The highest BCUT2D eigenvalue weighted by atomic mass is 35.5. The smallest absolute Gasteiger partial charge is 0.336 e. The number of likely N-dealkylation sites (tertiary alicyclic amines) is 1. The fraction of sp³-hybridized carbons (Fsp3) is 0.800. The first kappa shape index (κ1) is 22.7. The van der Waals surface area contributed by atoms with Crippen LogP contribution in [0.3, 0.4) is 0 Å². The van der Waals surface area contributed by atoms with E-state index < -0.39 is 43.2 Å². The molecule has 1 amide bonds. The van der Waals surface area contributed by atoms with Crippen LogP contribution in [0, 0.1) is 12.3 Å². The quantitative estimate of drug-likeness (QED) is 0.726. The number of nitrogens with one attached hydrogen (secondary N) is 1. The van der Waals surface area contributed by atoms with Gasteiger partial charge >= 0.3 is 12.4 Å². The van der Waals surface area contributed by atoms with Crippen LogP contribution in [0.1, 0.15) is 41.5 Å². The third-order valence-electron chi connectivity index (χ3n) is 5.43. The summed E-state index contributed by atoms with van der Waals surface area (Å²) < 4.78 is 80.6. The summed E-state index contributed by atoms with van der Waals surface area (Å²) in [4.78, 5) is 13.1. The minimum absolute atomic E-state index is 0. The zero-order valence-corrected chi connectivity index (χ0v) is 15.7. The highest BCUT2D eigenvalue weighted by Gasteiger charge is 2.73. The molecule has 1 N–H and O–H groups in total. The van der Waals surface area contributed by atoms with Crippen molar-refractivity contribution in [2.24, 2.45) is 5.41 Å². The van der Waals surface area contributed by atoms with Crippen molar-refractivity contribution < 1.29 is 31.1 Å². The first-order valence-electron chi connectivity index (χ1n) is 8.53. The predicted molar refractivity (Wildman–Crippen MR) is 88.2 cm³/mol. The van der Waals surface area contributed by atoms with E-state index in [0.29, 0.717) is 10.6 Å². The molecule has 3 heterocycles. The zero-order valence-electron chi connectivity index (χ0n) is 14.9. The second-order valence-electron chi connectivity index (χ2n) is 7.00. The molecule has 0 atom stereocenters. The van der Waals surface area contributed by atoms with Crippen molar-refractivity contribution in [2.75, 3.05) is 26.2 Å². The van der Waals surface area contributed by atoms with Gasteiger partial charge in [-0.05, 0) is 39.3 Å². The van der Waals surface area contributed by atoms with E-state index in [-0.39, 0.29) is 24.1 Å². The van der Waals surface area contributed by atoms with Gasteiger partial charge in [0, 0.05) is 13.1 Å². The Kier molecular flexibility index (Phi) is 6.25. The molecule has 2 fully saturated rings. The largest absolute Gasteiger partial charge is 0.404 e. The number of rotatable bonds is 2. The molecule has 13 heteroatoms. The summed E-state index contributed by atoms with van der Waals surface area (Å²) in [6, 6.07) is -0.0108. The minimum atomic E-state index is -5.50. The maximum Gasteiger partial charge on any atom is 0.404 e. The van der Waals surface area contributed by atoms with Gasteiger partial charge in [0.25, 0.3) is 5.91 Å². The van der Waals surface area contributed by atoms with Gasteiger partial charge in [0.2, 0.25) is 0 Å². The lowest BCUT2D eigenvalue weighted by atomic mass is 9.85. The molecule has 28 heavy (non-hydrogen) atoms. The molecular formula is C15H20ClF6N5O. The molecule has 0 unspecified atom stereocenters. The molecule has 2 aliphatic rings. The van der Waals surface area contributed by atoms with Crippen molar-refractivity contribution in [3.05, 3.63) is 11.4 Å². The van der Waals surface area contributed by atoms with E-state index in [1.807, 2.05) is 0 Å². The number of hydrogen-bond donors (Lipinski definition) is 1. The van der Waals surface area contributed by atoms with Gasteiger partial charge in [-0.1, -0.05) is 5.21 Å². The number of carbonyl (C=O) groups excluding carboxylic acids is 1. The van der Waals surface area contributed by atoms with Crippen LogP contribution in [-0.4, -0.2) is 64.3 Å². The monoisotopic (exact) mass is 435 g/mol. The lowest BCUT2D eigenvalue weighted by Gasteiger charge is -2.33. The second kappa shape index (κ2) is 7.69. The van der Waals surface area contributed by atoms with E-state index >= 15 is 0 Å². The lowest BCUT2D eigenvalue weighted by molar-refractivity contribution is -0.334. The van der Waals surface area contributed by atoms with Crippen LogP contribution in [0.15, 0.2) is 0 Å². The number of nitrogens with zero attached hydrogens (tertiary/aromatic N) is 4. The average Bonchev–Trinajstić information content (AvgIpc) is 3.19. The van der Waals surface area contributed by atoms with E-state index in [1.54, 1.807) is 6.92 Å². The van der Waals surface area contributed by atoms with Crippen molar-refractivity contribution in [2.45, 2.75) is 44.6 Å². The molecule has 0 aromatic carbocycles. The molecule has 0 saturated carbocycles. The fourth-order valence-corrected chi connectivity index (χ4v) is 3.69. The summed E-state index contributed by atoms with van der Waals surface area (Å²) >= 11 is 0. The molecule has 0 spiro atoms. The molecule has 1 aromatic heterocycles. The first-order chi connectivity index (χ1) is 12.5. The molecular weight excluding hydrogens is 416 g/mol. The Morgan fingerprint density at radius 3 is 2.21 bits per heavy atom. The number of amides is 1. The summed E-state index contributed by atoms with van der Waals surface area (Å²) in [5.41, 5.74) is -3.76. The van der Waals surface area contributed by atoms with Gasteiger partial charge < -0.3 is 10.2 Å². The van der Waals surface area contributed by atoms with Crippen molar-refractivity contribution in [3.63, 3.8) is 0 Å². The van der Waals surface area contributed by atoms with Crippen LogP contribution < -0.4 is 5.32 Å². The standard InChI is InChI=1S/C15H19F6N5O.ClH/c1-9-11(23-24-26(9)10-2-5-22-6-3-10)12(27)25-7-4-13(8-25,14(16,17)18)15(19,20)21;/h10,22H,2-8H2,1H3;1H. The van der Waals surface area contributed by atoms with Gasteiger partial charge in [-0.2, -0.15) is 26.3 Å². The zero-order chi connectivity index (χ0) is 20.0. The van der Waals surface area contributed by atoms with Gasteiger partial charge in [-0.25, -0.2) is 4.68 Å². The molecule has 3 rings (SSSR count). The van der Waals surface area contributed by atoms with Crippen molar-refractivity contribution >= 4 is 18.3 Å². The Morgan fingerprint density at radius 2 is 1.71 bits per heavy atom. The van der Waals surface area contributed by atoms with Crippen LogP contribution in [0.2, 0.25) is 0 Å². The van der Waals surface area contributed by atoms with Gasteiger partial charge in [0.05, 0.1) is 11.7 Å². The number of halogens is 7. The summed E-state index contributed by atoms with van der Waals surface area (Å²) in [7, 11) is 0. The summed E-state index contributed by atoms with van der Waals surface area (Å²) in [5, 5.41) is 10.8. The van der Waals surface area contributed by atoms with E-state index in [0.717, 1.165) is 25.9 Å². The highest BCUT2D eigenvalue weighted by Crippen LogP contribution is 2.55. The average molecular weight is 436 g/mol. The van der Waals surface area contributed by atoms with E-state index in [2.05, 4.69) is 15.6 Å². The Morgan fingerprint density at radius 1 is 1.14 bits per heavy atom. The number of piperidine rings is 1. The number of hydrogen-bond acceptors (Lipinski definition) is 4. The maximum atomic E-state index is 13.2. The minimum Gasteiger partial charge on any atom is -0.336 e. The number of carbonyl (C=O) groups is 1. The van der Waals surface area contributed by atoms with Crippen molar-refractivity contribution in [1.82, 2.24) is 25.2 Å². The molecule has 0 radical (unpaired) electrons. The fourth-order valence-electron chi connectivity index (χ4n) is 3.69. The molecule has 0 bridgehead atoms. The van der Waals surface area contributed by atoms with E-state index in [1.165, 1.54) is 4.68 Å². The summed E-state index contributed by atoms with van der Waals surface area (Å²) in [5.74, 6) is -0.956. The number of aromatic nitrogens is 3. The van der Waals surface area contributed by atoms with Crippen LogP contribution in [-0.2, 0) is 0 Å². The molecule has 0 aliphatic carbocycles. The van der Waals surface area contributed by atoms with Gasteiger partial charge in [0.1, 0.15) is 0 Å². The summed E-state index contributed by atoms with van der Waals surface area (Å²) in [6.45, 7) is 0.945.